The Kier molecular flexibility index (Phi) is 3.64. The third-order valence-corrected chi connectivity index (χ3v) is 1.11. The molecule has 0 heterocycles. The molecule has 4 heteroatoms. The summed E-state index contributed by atoms with van der Waals surface area (Å²) < 4.78 is 0. The summed E-state index contributed by atoms with van der Waals surface area (Å²) in [5.41, 5.74) is 0. The maximum atomic E-state index is 10.5. The second-order valence-corrected chi connectivity index (χ2v) is 2.24. The molecule has 10 heavy (non-hydrogen) atoms. The minimum Gasteiger partial charge on any atom is -0.373 e. The van der Waals surface area contributed by atoms with E-state index in [9.17, 15) is 9.59 Å². The highest BCUT2D eigenvalue weighted by Gasteiger charge is 2.14. The molecule has 2 N–H and O–H groups in total. The lowest BCUT2D eigenvalue weighted by Crippen LogP contribution is -2.20. The van der Waals surface area contributed by atoms with Gasteiger partial charge in [-0.15, -0.1) is 0 Å². The van der Waals surface area contributed by atoms with Gasteiger partial charge in [0.1, 0.15) is 5.78 Å². The first kappa shape index (κ1) is 9.10. The summed E-state index contributed by atoms with van der Waals surface area (Å²) in [4.78, 5) is 24.9. The fraction of sp³-hybridized carbons (Fsp3) is 0.667. The molecule has 0 aromatic carbocycles. The maximum Gasteiger partial charge on any atom is 0.327 e. The number of ketones is 1. The van der Waals surface area contributed by atoms with Gasteiger partial charge in [0.05, 0.1) is 5.92 Å². The summed E-state index contributed by atoms with van der Waals surface area (Å²) in [5.74, 6) is 3.57. The van der Waals surface area contributed by atoms with E-state index in [1.165, 1.54) is 6.92 Å². The summed E-state index contributed by atoms with van der Waals surface area (Å²) in [5, 5.41) is 0. The van der Waals surface area contributed by atoms with E-state index in [-0.39, 0.29) is 12.2 Å². The normalized spacial score (nSPS) is 12.3. The molecule has 0 saturated carbocycles. The zero-order chi connectivity index (χ0) is 8.15. The summed E-state index contributed by atoms with van der Waals surface area (Å²) in [7, 11) is 0. The van der Waals surface area contributed by atoms with Crippen molar-refractivity contribution >= 4 is 11.8 Å². The van der Waals surface area contributed by atoms with E-state index < -0.39 is 11.9 Å². The van der Waals surface area contributed by atoms with Crippen molar-refractivity contribution in [3.05, 3.63) is 0 Å². The predicted molar refractivity (Wildman–Crippen MR) is 34.7 cm³/mol. The molecule has 0 aromatic heterocycles. The molecule has 0 spiro atoms. The summed E-state index contributed by atoms with van der Waals surface area (Å²) in [6, 6.07) is 0. The molecule has 1 unspecified atom stereocenters. The lowest BCUT2D eigenvalue weighted by atomic mass is 10.1. The quantitative estimate of drug-likeness (QED) is 0.568. The van der Waals surface area contributed by atoms with E-state index >= 15 is 0 Å². The van der Waals surface area contributed by atoms with Gasteiger partial charge in [-0.05, 0) is 6.92 Å². The number of carbonyl (C=O) groups excluding carboxylic acids is 2. The van der Waals surface area contributed by atoms with Crippen LogP contribution in [-0.4, -0.2) is 11.8 Å². The molecule has 0 rings (SSSR count). The highest BCUT2D eigenvalue weighted by molar-refractivity contribution is 5.82. The standard InChI is InChI=1S/C6H11NO3/c1-4(3-5(2)8)6(9)10-7/h4H,3,7H2,1-2H3. The predicted octanol–water partition coefficient (Wildman–Crippen LogP) is 0.0185. The molecule has 0 aliphatic heterocycles. The van der Waals surface area contributed by atoms with Gasteiger partial charge in [-0.25, -0.2) is 0 Å². The van der Waals surface area contributed by atoms with E-state index in [4.69, 9.17) is 0 Å². The van der Waals surface area contributed by atoms with Crippen LogP contribution in [0.4, 0.5) is 0 Å². The van der Waals surface area contributed by atoms with Crippen molar-refractivity contribution in [3.8, 4) is 0 Å². The van der Waals surface area contributed by atoms with Gasteiger partial charge >= 0.3 is 5.97 Å². The number of hydrogen-bond donors (Lipinski definition) is 1. The smallest absolute Gasteiger partial charge is 0.327 e. The molecule has 0 amide bonds. The average Bonchev–Trinajstić information content (AvgIpc) is 1.85. The van der Waals surface area contributed by atoms with Crippen molar-refractivity contribution in [2.45, 2.75) is 20.3 Å². The Morgan fingerprint density at radius 3 is 2.40 bits per heavy atom. The van der Waals surface area contributed by atoms with Crippen LogP contribution in [0.3, 0.4) is 0 Å². The fourth-order valence-electron chi connectivity index (χ4n) is 0.631. The Hall–Kier alpha value is -0.900. The van der Waals surface area contributed by atoms with Gasteiger partial charge in [0, 0.05) is 6.42 Å². The third kappa shape index (κ3) is 3.19. The van der Waals surface area contributed by atoms with E-state index in [2.05, 4.69) is 10.7 Å². The number of rotatable bonds is 3. The van der Waals surface area contributed by atoms with Crippen molar-refractivity contribution in [1.29, 1.82) is 0 Å². The lowest BCUT2D eigenvalue weighted by molar-refractivity contribution is -0.149. The molecular formula is C6H11NO3. The van der Waals surface area contributed by atoms with Crippen molar-refractivity contribution in [1.82, 2.24) is 0 Å². The van der Waals surface area contributed by atoms with Crippen molar-refractivity contribution in [2.24, 2.45) is 11.8 Å². The first-order valence-electron chi connectivity index (χ1n) is 2.98. The summed E-state index contributed by atoms with van der Waals surface area (Å²) in [6.07, 6.45) is 0.191. The monoisotopic (exact) mass is 145 g/mol. The van der Waals surface area contributed by atoms with Crippen LogP contribution < -0.4 is 5.90 Å². The number of nitrogens with two attached hydrogens (primary N) is 1. The number of carbonyl (C=O) groups is 2. The molecule has 0 aliphatic rings. The van der Waals surface area contributed by atoms with Crippen LogP contribution in [0.25, 0.3) is 0 Å². The Bertz CT molecular complexity index is 144. The van der Waals surface area contributed by atoms with Crippen LogP contribution in [0.1, 0.15) is 20.3 Å². The van der Waals surface area contributed by atoms with Crippen LogP contribution in [0.2, 0.25) is 0 Å². The Morgan fingerprint density at radius 2 is 2.10 bits per heavy atom. The maximum absolute atomic E-state index is 10.5. The van der Waals surface area contributed by atoms with E-state index in [1.54, 1.807) is 6.92 Å². The second-order valence-electron chi connectivity index (χ2n) is 2.24. The van der Waals surface area contributed by atoms with Gasteiger partial charge in [0.25, 0.3) is 0 Å². The zero-order valence-electron chi connectivity index (χ0n) is 6.09. The lowest BCUT2D eigenvalue weighted by Gasteiger charge is -2.03. The fourth-order valence-corrected chi connectivity index (χ4v) is 0.631. The van der Waals surface area contributed by atoms with E-state index in [1.807, 2.05) is 0 Å². The molecule has 0 fully saturated rings. The first-order chi connectivity index (χ1) is 4.57. The van der Waals surface area contributed by atoms with Crippen LogP contribution >= 0.6 is 0 Å². The Balaban J connectivity index is 3.72. The molecule has 0 radical (unpaired) electrons. The first-order valence-corrected chi connectivity index (χ1v) is 2.98. The van der Waals surface area contributed by atoms with Gasteiger partial charge in [0.15, 0.2) is 0 Å². The van der Waals surface area contributed by atoms with E-state index in [0.29, 0.717) is 0 Å². The molecule has 0 saturated heterocycles. The topological polar surface area (TPSA) is 69.4 Å². The molecule has 0 bridgehead atoms. The number of Topliss-reactive ketones (excluding diaryl/α,β-unsaturated/α-hetero) is 1. The van der Waals surface area contributed by atoms with Crippen molar-refractivity contribution < 1.29 is 14.4 Å². The van der Waals surface area contributed by atoms with Crippen LogP contribution in [0.5, 0.6) is 0 Å². The SMILES string of the molecule is CC(=O)CC(C)C(=O)ON. The van der Waals surface area contributed by atoms with Gasteiger partial charge < -0.3 is 9.63 Å². The minimum absolute atomic E-state index is 0.0436. The third-order valence-electron chi connectivity index (χ3n) is 1.11. The highest BCUT2D eigenvalue weighted by Crippen LogP contribution is 2.02. The van der Waals surface area contributed by atoms with Crippen LogP contribution in [-0.2, 0) is 14.4 Å². The Labute approximate surface area is 59.3 Å². The molecule has 0 aliphatic carbocycles. The molecule has 1 atom stereocenters. The number of hydrogen-bond acceptors (Lipinski definition) is 4. The van der Waals surface area contributed by atoms with Crippen LogP contribution in [0, 0.1) is 5.92 Å². The van der Waals surface area contributed by atoms with Crippen LogP contribution in [0.15, 0.2) is 0 Å². The van der Waals surface area contributed by atoms with Gasteiger partial charge in [-0.3, -0.25) is 4.79 Å². The van der Waals surface area contributed by atoms with Crippen molar-refractivity contribution in [2.75, 3.05) is 0 Å². The second kappa shape index (κ2) is 4.00. The molecular weight excluding hydrogens is 134 g/mol. The average molecular weight is 145 g/mol. The van der Waals surface area contributed by atoms with Gasteiger partial charge in [-0.2, -0.15) is 5.90 Å². The van der Waals surface area contributed by atoms with Crippen molar-refractivity contribution in [3.63, 3.8) is 0 Å². The highest BCUT2D eigenvalue weighted by atomic mass is 16.7. The Morgan fingerprint density at radius 1 is 1.60 bits per heavy atom. The van der Waals surface area contributed by atoms with E-state index in [0.717, 1.165) is 0 Å². The molecule has 0 aromatic rings. The van der Waals surface area contributed by atoms with Gasteiger partial charge in [-0.1, -0.05) is 6.92 Å². The summed E-state index contributed by atoms with van der Waals surface area (Å²) in [6.45, 7) is 3.01. The minimum atomic E-state index is -0.546. The molecule has 4 nitrogen and oxygen atoms in total. The zero-order valence-corrected chi connectivity index (χ0v) is 6.09. The summed E-state index contributed by atoms with van der Waals surface area (Å²) >= 11 is 0. The molecule has 58 valence electrons. The largest absolute Gasteiger partial charge is 0.373 e. The van der Waals surface area contributed by atoms with Gasteiger partial charge in [0.2, 0.25) is 0 Å².